The summed E-state index contributed by atoms with van der Waals surface area (Å²) in [4.78, 5) is 4.23. The van der Waals surface area contributed by atoms with Crippen molar-refractivity contribution in [2.24, 2.45) is 7.05 Å². The molecule has 0 aliphatic carbocycles. The van der Waals surface area contributed by atoms with Crippen molar-refractivity contribution < 1.29 is 0 Å². The van der Waals surface area contributed by atoms with Crippen molar-refractivity contribution in [1.29, 1.82) is 0 Å². The number of nitrogens with zero attached hydrogens (tertiary/aromatic N) is 4. The highest BCUT2D eigenvalue weighted by molar-refractivity contribution is 5.62. The summed E-state index contributed by atoms with van der Waals surface area (Å²) in [5.74, 6) is 0.645. The number of imidazole rings is 1. The van der Waals surface area contributed by atoms with Gasteiger partial charge >= 0.3 is 0 Å². The van der Waals surface area contributed by atoms with Gasteiger partial charge in [-0.3, -0.25) is 9.08 Å². The molecule has 0 radical (unpaired) electrons. The summed E-state index contributed by atoms with van der Waals surface area (Å²) in [5, 5.41) is 4.35. The molecule has 0 amide bonds. The fraction of sp³-hybridized carbons (Fsp3) is 0.0909. The highest BCUT2D eigenvalue weighted by Gasteiger charge is 2.08. The van der Waals surface area contributed by atoms with E-state index in [4.69, 9.17) is 5.73 Å². The third kappa shape index (κ3) is 1.18. The summed E-state index contributed by atoms with van der Waals surface area (Å²) in [6.07, 6.45) is 3.68. The Morgan fingerprint density at radius 3 is 2.94 bits per heavy atom. The van der Waals surface area contributed by atoms with Gasteiger partial charge in [0, 0.05) is 25.5 Å². The van der Waals surface area contributed by atoms with Gasteiger partial charge in [-0.25, -0.2) is 4.98 Å². The van der Waals surface area contributed by atoms with Gasteiger partial charge in [0.1, 0.15) is 17.2 Å². The van der Waals surface area contributed by atoms with Crippen LogP contribution in [-0.4, -0.2) is 19.2 Å². The van der Waals surface area contributed by atoms with Crippen molar-refractivity contribution in [2.45, 2.75) is 0 Å². The Hall–Kier alpha value is -2.30. The van der Waals surface area contributed by atoms with Crippen LogP contribution in [-0.2, 0) is 7.05 Å². The number of nitrogen functional groups attached to an aromatic ring is 1. The molecule has 5 heteroatoms. The molecule has 0 saturated heterocycles. The Bertz CT molecular complexity index is 630. The van der Waals surface area contributed by atoms with Crippen molar-refractivity contribution in [3.8, 4) is 11.4 Å². The number of nitrogens with two attached hydrogens (primary N) is 1. The number of anilines is 1. The molecule has 80 valence electrons. The van der Waals surface area contributed by atoms with Gasteiger partial charge in [0.05, 0.1) is 5.69 Å². The van der Waals surface area contributed by atoms with E-state index in [0.717, 1.165) is 17.0 Å². The van der Waals surface area contributed by atoms with E-state index in [1.165, 1.54) is 0 Å². The van der Waals surface area contributed by atoms with Crippen LogP contribution < -0.4 is 5.73 Å². The van der Waals surface area contributed by atoms with E-state index in [1.54, 1.807) is 10.9 Å². The molecule has 0 aromatic carbocycles. The zero-order valence-corrected chi connectivity index (χ0v) is 8.83. The molecule has 0 atom stereocenters. The average Bonchev–Trinajstić information content (AvgIpc) is 2.85. The summed E-state index contributed by atoms with van der Waals surface area (Å²) in [5.41, 5.74) is 8.52. The third-order valence-electron chi connectivity index (χ3n) is 2.61. The lowest BCUT2D eigenvalue weighted by molar-refractivity contribution is 0.780. The minimum Gasteiger partial charge on any atom is -0.384 e. The normalized spacial score (nSPS) is 11.1. The van der Waals surface area contributed by atoms with Crippen LogP contribution in [0.2, 0.25) is 0 Å². The van der Waals surface area contributed by atoms with Gasteiger partial charge in [-0.2, -0.15) is 5.10 Å². The summed E-state index contributed by atoms with van der Waals surface area (Å²) in [6.45, 7) is 0. The van der Waals surface area contributed by atoms with Crippen LogP contribution in [0.25, 0.3) is 17.0 Å². The number of hydrogen-bond donors (Lipinski definition) is 1. The molecule has 2 N–H and O–H groups in total. The minimum atomic E-state index is 0.645. The summed E-state index contributed by atoms with van der Waals surface area (Å²) in [7, 11) is 1.83. The van der Waals surface area contributed by atoms with Crippen LogP contribution in [0, 0.1) is 0 Å². The first-order valence-electron chi connectivity index (χ1n) is 4.98. The monoisotopic (exact) mass is 213 g/mol. The second-order valence-electron chi connectivity index (χ2n) is 3.64. The number of aryl methyl sites for hydroxylation is 1. The molecule has 3 heterocycles. The SMILES string of the molecule is Cn1nc(-c2cccc3nccn23)cc1N. The molecular formula is C11H11N5. The van der Waals surface area contributed by atoms with E-state index in [9.17, 15) is 0 Å². The predicted octanol–water partition coefficient (Wildman–Crippen LogP) is 1.32. The van der Waals surface area contributed by atoms with E-state index < -0.39 is 0 Å². The smallest absolute Gasteiger partial charge is 0.137 e. The second-order valence-corrected chi connectivity index (χ2v) is 3.64. The van der Waals surface area contributed by atoms with Crippen LogP contribution >= 0.6 is 0 Å². The minimum absolute atomic E-state index is 0.645. The Morgan fingerprint density at radius 2 is 2.19 bits per heavy atom. The van der Waals surface area contributed by atoms with E-state index in [2.05, 4.69) is 10.1 Å². The van der Waals surface area contributed by atoms with E-state index in [1.807, 2.05) is 41.9 Å². The van der Waals surface area contributed by atoms with Crippen LogP contribution in [0.4, 0.5) is 5.82 Å². The maximum atomic E-state index is 5.77. The number of fused-ring (bicyclic) bond motifs is 1. The quantitative estimate of drug-likeness (QED) is 0.663. The lowest BCUT2D eigenvalue weighted by Crippen LogP contribution is -1.97. The largest absolute Gasteiger partial charge is 0.384 e. The van der Waals surface area contributed by atoms with Gasteiger partial charge in [-0.15, -0.1) is 0 Å². The van der Waals surface area contributed by atoms with Gasteiger partial charge in [-0.1, -0.05) is 6.07 Å². The summed E-state index contributed by atoms with van der Waals surface area (Å²) in [6, 6.07) is 7.77. The number of aromatic nitrogens is 4. The molecule has 0 aliphatic heterocycles. The fourth-order valence-electron chi connectivity index (χ4n) is 1.76. The molecule has 0 bridgehead atoms. The summed E-state index contributed by atoms with van der Waals surface area (Å²) < 4.78 is 3.65. The Morgan fingerprint density at radius 1 is 1.31 bits per heavy atom. The molecule has 0 aliphatic rings. The zero-order chi connectivity index (χ0) is 11.1. The molecular weight excluding hydrogens is 202 g/mol. The molecule has 5 nitrogen and oxygen atoms in total. The Balaban J connectivity index is 2.29. The first-order valence-corrected chi connectivity index (χ1v) is 4.98. The molecule has 0 saturated carbocycles. The van der Waals surface area contributed by atoms with Crippen molar-refractivity contribution in [2.75, 3.05) is 5.73 Å². The zero-order valence-electron chi connectivity index (χ0n) is 8.83. The van der Waals surface area contributed by atoms with E-state index in [-0.39, 0.29) is 0 Å². The Labute approximate surface area is 92.1 Å². The third-order valence-corrected chi connectivity index (χ3v) is 2.61. The predicted molar refractivity (Wildman–Crippen MR) is 61.8 cm³/mol. The second kappa shape index (κ2) is 3.10. The maximum Gasteiger partial charge on any atom is 0.137 e. The topological polar surface area (TPSA) is 61.1 Å². The number of pyridine rings is 1. The van der Waals surface area contributed by atoms with Crippen molar-refractivity contribution in [3.63, 3.8) is 0 Å². The standard InChI is InChI=1S/C11H11N5/c1-15-10(12)7-8(14-15)9-3-2-4-11-13-5-6-16(9)11/h2-7H,12H2,1H3. The van der Waals surface area contributed by atoms with E-state index >= 15 is 0 Å². The highest BCUT2D eigenvalue weighted by atomic mass is 15.3. The van der Waals surface area contributed by atoms with Crippen molar-refractivity contribution >= 4 is 11.5 Å². The van der Waals surface area contributed by atoms with Gasteiger partial charge in [0.15, 0.2) is 0 Å². The highest BCUT2D eigenvalue weighted by Crippen LogP contribution is 2.20. The van der Waals surface area contributed by atoms with Gasteiger partial charge in [-0.05, 0) is 12.1 Å². The van der Waals surface area contributed by atoms with Gasteiger partial charge in [0.2, 0.25) is 0 Å². The molecule has 3 rings (SSSR count). The summed E-state index contributed by atoms with van der Waals surface area (Å²) >= 11 is 0. The van der Waals surface area contributed by atoms with Crippen LogP contribution in [0.15, 0.2) is 36.7 Å². The molecule has 3 aromatic heterocycles. The first kappa shape index (κ1) is 8.96. The fourth-order valence-corrected chi connectivity index (χ4v) is 1.76. The average molecular weight is 213 g/mol. The molecule has 16 heavy (non-hydrogen) atoms. The van der Waals surface area contributed by atoms with Crippen LogP contribution in [0.5, 0.6) is 0 Å². The lowest BCUT2D eigenvalue weighted by atomic mass is 10.2. The first-order chi connectivity index (χ1) is 7.75. The van der Waals surface area contributed by atoms with Crippen molar-refractivity contribution in [3.05, 3.63) is 36.7 Å². The molecule has 0 fully saturated rings. The van der Waals surface area contributed by atoms with Crippen LogP contribution in [0.1, 0.15) is 0 Å². The number of rotatable bonds is 1. The van der Waals surface area contributed by atoms with Gasteiger partial charge < -0.3 is 5.73 Å². The number of hydrogen-bond acceptors (Lipinski definition) is 3. The lowest BCUT2D eigenvalue weighted by Gasteiger charge is -2.00. The van der Waals surface area contributed by atoms with Crippen LogP contribution in [0.3, 0.4) is 0 Å². The molecule has 3 aromatic rings. The van der Waals surface area contributed by atoms with E-state index in [0.29, 0.717) is 5.82 Å². The Kier molecular flexibility index (Phi) is 1.73. The molecule has 0 spiro atoms. The maximum absolute atomic E-state index is 5.77. The van der Waals surface area contributed by atoms with Gasteiger partial charge in [0.25, 0.3) is 0 Å². The van der Waals surface area contributed by atoms with Crippen molar-refractivity contribution in [1.82, 2.24) is 19.2 Å². The molecule has 0 unspecified atom stereocenters.